The molecular weight excluding hydrogens is 276 g/mol. The zero-order chi connectivity index (χ0) is 14.1. The minimum Gasteiger partial charge on any atom is -0.344 e. The molecule has 2 aromatic rings. The summed E-state index contributed by atoms with van der Waals surface area (Å²) in [5, 5.41) is 3.40. The number of carbonyl (C=O) groups is 2. The molecule has 0 radical (unpaired) electrons. The number of aromatic nitrogens is 1. The third-order valence-electron chi connectivity index (χ3n) is 3.43. The summed E-state index contributed by atoms with van der Waals surface area (Å²) in [6.07, 6.45) is 2.06. The molecule has 1 atom stereocenters. The van der Waals surface area contributed by atoms with Crippen LogP contribution in [0.15, 0.2) is 42.6 Å². The average Bonchev–Trinajstić information content (AvgIpc) is 2.97. The number of nitrogens with zero attached hydrogens (tertiary/aromatic N) is 1. The Bertz CT molecular complexity index is 661. The van der Waals surface area contributed by atoms with Crippen LogP contribution in [0, 0.1) is 5.92 Å². The number of hydrogen-bond acceptors (Lipinski definition) is 2. The van der Waals surface area contributed by atoms with Gasteiger partial charge in [0.05, 0.1) is 11.6 Å². The van der Waals surface area contributed by atoms with Crippen LogP contribution in [0.2, 0.25) is 5.02 Å². The van der Waals surface area contributed by atoms with Crippen molar-refractivity contribution in [1.29, 1.82) is 0 Å². The van der Waals surface area contributed by atoms with Gasteiger partial charge < -0.3 is 9.88 Å². The van der Waals surface area contributed by atoms with Gasteiger partial charge in [0.2, 0.25) is 5.91 Å². The second-order valence-electron chi connectivity index (χ2n) is 4.87. The van der Waals surface area contributed by atoms with Crippen molar-refractivity contribution >= 4 is 29.0 Å². The van der Waals surface area contributed by atoms with E-state index < -0.39 is 0 Å². The van der Waals surface area contributed by atoms with Gasteiger partial charge in [0.1, 0.15) is 0 Å². The van der Waals surface area contributed by atoms with Crippen molar-refractivity contribution in [3.05, 3.63) is 53.3 Å². The molecule has 1 N–H and O–H groups in total. The van der Waals surface area contributed by atoms with E-state index in [1.165, 1.54) is 0 Å². The highest BCUT2D eigenvalue weighted by atomic mass is 35.5. The van der Waals surface area contributed by atoms with Crippen LogP contribution in [0.5, 0.6) is 0 Å². The standard InChI is InChI=1S/C15H13ClN2O2/c16-11-3-5-12(6-4-11)17-14(19)8-10-9-18-7-1-2-13(18)15(10)20/h1-7,10H,8-9H2,(H,17,19). The number of amides is 1. The molecule has 0 aliphatic carbocycles. The Balaban J connectivity index is 1.62. The molecule has 102 valence electrons. The quantitative estimate of drug-likeness (QED) is 0.944. The maximum atomic E-state index is 12.1. The Hall–Kier alpha value is -2.07. The second-order valence-corrected chi connectivity index (χ2v) is 5.30. The van der Waals surface area contributed by atoms with Crippen LogP contribution in [-0.4, -0.2) is 16.3 Å². The molecule has 0 spiro atoms. The van der Waals surface area contributed by atoms with E-state index in [2.05, 4.69) is 5.32 Å². The number of halogens is 1. The van der Waals surface area contributed by atoms with Crippen LogP contribution in [-0.2, 0) is 11.3 Å². The first-order valence-electron chi connectivity index (χ1n) is 6.38. The monoisotopic (exact) mass is 288 g/mol. The van der Waals surface area contributed by atoms with Crippen molar-refractivity contribution in [2.24, 2.45) is 5.92 Å². The summed E-state index contributed by atoms with van der Waals surface area (Å²) in [5.41, 5.74) is 1.37. The predicted molar refractivity (Wildman–Crippen MR) is 77.0 cm³/mol. The van der Waals surface area contributed by atoms with Crippen LogP contribution < -0.4 is 5.32 Å². The summed E-state index contributed by atoms with van der Waals surface area (Å²) in [6, 6.07) is 10.5. The molecule has 2 heterocycles. The number of fused-ring (bicyclic) bond motifs is 1. The van der Waals surface area contributed by atoms with Gasteiger partial charge in [-0.2, -0.15) is 0 Å². The number of Topliss-reactive ketones (excluding diaryl/α,β-unsaturated/α-hetero) is 1. The molecule has 3 rings (SSSR count). The Morgan fingerprint density at radius 1 is 1.30 bits per heavy atom. The van der Waals surface area contributed by atoms with Crippen LogP contribution in [0.4, 0.5) is 5.69 Å². The normalized spacial score (nSPS) is 17.1. The highest BCUT2D eigenvalue weighted by Gasteiger charge is 2.31. The zero-order valence-electron chi connectivity index (χ0n) is 10.7. The molecule has 0 saturated carbocycles. The lowest BCUT2D eigenvalue weighted by Crippen LogP contribution is -2.20. The largest absolute Gasteiger partial charge is 0.344 e. The van der Waals surface area contributed by atoms with E-state index in [9.17, 15) is 9.59 Å². The lowest BCUT2D eigenvalue weighted by Gasteiger charge is -2.09. The SMILES string of the molecule is O=C(CC1Cn2cccc2C1=O)Nc1ccc(Cl)cc1. The smallest absolute Gasteiger partial charge is 0.225 e. The summed E-state index contributed by atoms with van der Waals surface area (Å²) in [5.74, 6) is -0.379. The Kier molecular flexibility index (Phi) is 3.32. The summed E-state index contributed by atoms with van der Waals surface area (Å²) < 4.78 is 1.89. The Labute approximate surface area is 121 Å². The van der Waals surface area contributed by atoms with E-state index in [0.29, 0.717) is 22.9 Å². The van der Waals surface area contributed by atoms with E-state index in [-0.39, 0.29) is 24.0 Å². The Morgan fingerprint density at radius 3 is 2.75 bits per heavy atom. The molecule has 1 aliphatic heterocycles. The minimum absolute atomic E-state index is 0.0428. The van der Waals surface area contributed by atoms with Gasteiger partial charge in [-0.05, 0) is 36.4 Å². The van der Waals surface area contributed by atoms with E-state index in [0.717, 1.165) is 0 Å². The average molecular weight is 289 g/mol. The van der Waals surface area contributed by atoms with Gasteiger partial charge >= 0.3 is 0 Å². The fourth-order valence-corrected chi connectivity index (χ4v) is 2.58. The molecule has 20 heavy (non-hydrogen) atoms. The van der Waals surface area contributed by atoms with Crippen LogP contribution in [0.1, 0.15) is 16.9 Å². The van der Waals surface area contributed by atoms with Crippen molar-refractivity contribution in [2.75, 3.05) is 5.32 Å². The van der Waals surface area contributed by atoms with Crippen LogP contribution in [0.25, 0.3) is 0 Å². The van der Waals surface area contributed by atoms with Crippen molar-refractivity contribution in [3.8, 4) is 0 Å². The molecule has 1 aliphatic rings. The molecule has 5 heteroatoms. The second kappa shape index (κ2) is 5.13. The number of nitrogens with one attached hydrogen (secondary N) is 1. The summed E-state index contributed by atoms with van der Waals surface area (Å²) >= 11 is 5.78. The zero-order valence-corrected chi connectivity index (χ0v) is 11.4. The Morgan fingerprint density at radius 2 is 2.05 bits per heavy atom. The first-order chi connectivity index (χ1) is 9.63. The lowest BCUT2D eigenvalue weighted by molar-refractivity contribution is -0.116. The minimum atomic E-state index is -0.265. The molecule has 0 bridgehead atoms. The topological polar surface area (TPSA) is 51.1 Å². The van der Waals surface area contributed by atoms with Crippen molar-refractivity contribution in [2.45, 2.75) is 13.0 Å². The van der Waals surface area contributed by atoms with Gasteiger partial charge in [-0.15, -0.1) is 0 Å². The summed E-state index contributed by atoms with van der Waals surface area (Å²) in [7, 11) is 0. The molecule has 1 amide bonds. The highest BCUT2D eigenvalue weighted by molar-refractivity contribution is 6.30. The number of carbonyl (C=O) groups excluding carboxylic acids is 2. The molecule has 0 saturated heterocycles. The van der Waals surface area contributed by atoms with E-state index in [1.807, 2.05) is 16.8 Å². The van der Waals surface area contributed by atoms with Gasteiger partial charge in [-0.3, -0.25) is 9.59 Å². The number of anilines is 1. The fourth-order valence-electron chi connectivity index (χ4n) is 2.45. The predicted octanol–water partition coefficient (Wildman–Crippen LogP) is 2.98. The van der Waals surface area contributed by atoms with Crippen molar-refractivity contribution < 1.29 is 9.59 Å². The number of rotatable bonds is 3. The molecule has 0 fully saturated rings. The van der Waals surface area contributed by atoms with E-state index in [1.54, 1.807) is 30.3 Å². The van der Waals surface area contributed by atoms with Gasteiger partial charge in [0.15, 0.2) is 5.78 Å². The van der Waals surface area contributed by atoms with Gasteiger partial charge in [0, 0.05) is 29.9 Å². The van der Waals surface area contributed by atoms with E-state index in [4.69, 9.17) is 11.6 Å². The maximum Gasteiger partial charge on any atom is 0.225 e. The molecule has 4 nitrogen and oxygen atoms in total. The molecule has 1 aromatic carbocycles. The first kappa shape index (κ1) is 12.9. The number of ketones is 1. The van der Waals surface area contributed by atoms with Gasteiger partial charge in [-0.25, -0.2) is 0 Å². The first-order valence-corrected chi connectivity index (χ1v) is 6.76. The lowest BCUT2D eigenvalue weighted by atomic mass is 10.0. The fraction of sp³-hybridized carbons (Fsp3) is 0.200. The van der Waals surface area contributed by atoms with Crippen LogP contribution in [0.3, 0.4) is 0 Å². The molecular formula is C15H13ClN2O2. The van der Waals surface area contributed by atoms with Gasteiger partial charge in [-0.1, -0.05) is 11.6 Å². The van der Waals surface area contributed by atoms with Crippen molar-refractivity contribution in [3.63, 3.8) is 0 Å². The van der Waals surface area contributed by atoms with Crippen LogP contribution >= 0.6 is 11.6 Å². The number of hydrogen-bond donors (Lipinski definition) is 1. The summed E-state index contributed by atoms with van der Waals surface area (Å²) in [6.45, 7) is 0.579. The van der Waals surface area contributed by atoms with E-state index >= 15 is 0 Å². The molecule has 1 unspecified atom stereocenters. The highest BCUT2D eigenvalue weighted by Crippen LogP contribution is 2.24. The third-order valence-corrected chi connectivity index (χ3v) is 3.68. The number of benzene rings is 1. The molecule has 1 aromatic heterocycles. The van der Waals surface area contributed by atoms with Crippen molar-refractivity contribution in [1.82, 2.24) is 4.57 Å². The maximum absolute atomic E-state index is 12.1. The third kappa shape index (κ3) is 2.47. The summed E-state index contributed by atoms with van der Waals surface area (Å²) in [4.78, 5) is 24.0. The van der Waals surface area contributed by atoms with Gasteiger partial charge in [0.25, 0.3) is 0 Å².